The molecule has 7 rings (SSSR count). The first-order chi connectivity index (χ1) is 18.8. The molecule has 1 saturated heterocycles. The Morgan fingerprint density at radius 2 is 1.74 bits per heavy atom. The Kier molecular flexibility index (Phi) is 5.75. The minimum atomic E-state index is 0.650. The summed E-state index contributed by atoms with van der Waals surface area (Å²) in [6.07, 6.45) is 9.70. The molecule has 0 bridgehead atoms. The Balaban J connectivity index is 1.20. The van der Waals surface area contributed by atoms with Gasteiger partial charge in [0.25, 0.3) is 0 Å². The van der Waals surface area contributed by atoms with E-state index in [0.29, 0.717) is 18.1 Å². The summed E-state index contributed by atoms with van der Waals surface area (Å²) in [5.41, 5.74) is 7.85. The van der Waals surface area contributed by atoms with E-state index in [1.165, 1.54) is 12.8 Å². The number of rotatable bonds is 7. The Morgan fingerprint density at radius 1 is 0.842 bits per heavy atom. The van der Waals surface area contributed by atoms with Gasteiger partial charge in [0.15, 0.2) is 11.5 Å². The van der Waals surface area contributed by atoms with Crippen molar-refractivity contribution < 1.29 is 4.74 Å². The fourth-order valence-electron chi connectivity index (χ4n) is 5.07. The number of aromatic amines is 2. The van der Waals surface area contributed by atoms with E-state index in [2.05, 4.69) is 36.1 Å². The molecule has 188 valence electrons. The molecule has 0 atom stereocenters. The van der Waals surface area contributed by atoms with Crippen LogP contribution in [0, 0.1) is 0 Å². The van der Waals surface area contributed by atoms with Gasteiger partial charge in [0, 0.05) is 36.3 Å². The lowest BCUT2D eigenvalue weighted by atomic mass is 10.1. The van der Waals surface area contributed by atoms with E-state index in [1.54, 1.807) is 18.6 Å². The summed E-state index contributed by atoms with van der Waals surface area (Å²) in [6, 6.07) is 16.0. The molecule has 0 spiro atoms. The van der Waals surface area contributed by atoms with Gasteiger partial charge in [0.2, 0.25) is 0 Å². The van der Waals surface area contributed by atoms with Gasteiger partial charge in [-0.2, -0.15) is 5.10 Å². The maximum Gasteiger partial charge on any atom is 0.161 e. The van der Waals surface area contributed by atoms with Gasteiger partial charge in [-0.25, -0.2) is 9.97 Å². The van der Waals surface area contributed by atoms with E-state index in [-0.39, 0.29) is 0 Å². The minimum Gasteiger partial charge on any atom is -0.491 e. The van der Waals surface area contributed by atoms with Crippen molar-refractivity contribution in [1.82, 2.24) is 40.0 Å². The van der Waals surface area contributed by atoms with E-state index in [9.17, 15) is 0 Å². The highest BCUT2D eigenvalue weighted by atomic mass is 16.5. The molecule has 6 heterocycles. The van der Waals surface area contributed by atoms with Gasteiger partial charge in [0.1, 0.15) is 17.9 Å². The number of aromatic nitrogens is 7. The predicted molar refractivity (Wildman–Crippen MR) is 147 cm³/mol. The molecule has 0 saturated carbocycles. The van der Waals surface area contributed by atoms with Crippen LogP contribution in [0.3, 0.4) is 0 Å². The topological polar surface area (TPSA) is 108 Å². The lowest BCUT2D eigenvalue weighted by Gasteiger charge is -2.15. The number of hydrogen-bond donors (Lipinski definition) is 2. The Bertz CT molecular complexity index is 1720. The molecular formula is C29H26N8O. The average Bonchev–Trinajstić information content (AvgIpc) is 3.73. The van der Waals surface area contributed by atoms with Gasteiger partial charge in [-0.15, -0.1) is 0 Å². The van der Waals surface area contributed by atoms with E-state index < -0.39 is 0 Å². The highest BCUT2D eigenvalue weighted by molar-refractivity contribution is 5.96. The van der Waals surface area contributed by atoms with Gasteiger partial charge in [0.05, 0.1) is 28.4 Å². The maximum absolute atomic E-state index is 6.01. The first-order valence-electron chi connectivity index (χ1n) is 12.9. The number of fused-ring (bicyclic) bond motifs is 2. The molecule has 6 aromatic rings. The van der Waals surface area contributed by atoms with Crippen LogP contribution in [0.15, 0.2) is 73.3 Å². The van der Waals surface area contributed by atoms with Crippen molar-refractivity contribution in [2.45, 2.75) is 12.8 Å². The summed E-state index contributed by atoms with van der Waals surface area (Å²) in [7, 11) is 0. The highest BCUT2D eigenvalue weighted by Gasteiger charge is 2.17. The zero-order chi connectivity index (χ0) is 25.3. The molecule has 0 amide bonds. The number of imidazole rings is 1. The third-order valence-corrected chi connectivity index (χ3v) is 7.02. The normalized spacial score (nSPS) is 14.0. The molecule has 0 aliphatic carbocycles. The van der Waals surface area contributed by atoms with Gasteiger partial charge < -0.3 is 9.72 Å². The number of likely N-dealkylation sites (tertiary alicyclic amines) is 1. The van der Waals surface area contributed by atoms with Crippen molar-refractivity contribution in [3.05, 3.63) is 73.3 Å². The van der Waals surface area contributed by atoms with Crippen LogP contribution in [0.4, 0.5) is 0 Å². The lowest BCUT2D eigenvalue weighted by Crippen LogP contribution is -2.25. The molecule has 5 aromatic heterocycles. The third-order valence-electron chi connectivity index (χ3n) is 7.02. The van der Waals surface area contributed by atoms with Crippen molar-refractivity contribution >= 4 is 22.1 Å². The zero-order valence-electron chi connectivity index (χ0n) is 20.8. The smallest absolute Gasteiger partial charge is 0.161 e. The number of para-hydroxylation sites is 1. The van der Waals surface area contributed by atoms with Gasteiger partial charge in [-0.05, 0) is 67.9 Å². The number of nitrogens with one attached hydrogen (secondary N) is 2. The molecule has 2 N–H and O–H groups in total. The standard InChI is InChI=1S/C29H26N8O/c1-2-13-37(12-1)14-15-38-21-16-20(17-31-18-21)23-6-7-25-27(32-23)28(36-35-25)29-33-24-5-3-4-22(26(24)34-29)19-8-10-30-11-9-19/h3-11,16-18H,1-2,12-15H2,(H,33,34)(H,35,36). The second-order valence-corrected chi connectivity index (χ2v) is 9.49. The molecule has 38 heavy (non-hydrogen) atoms. The summed E-state index contributed by atoms with van der Waals surface area (Å²) in [4.78, 5) is 24.3. The van der Waals surface area contributed by atoms with Gasteiger partial charge in [-0.1, -0.05) is 12.1 Å². The van der Waals surface area contributed by atoms with Crippen molar-refractivity contribution in [3.63, 3.8) is 0 Å². The lowest BCUT2D eigenvalue weighted by molar-refractivity contribution is 0.237. The van der Waals surface area contributed by atoms with Crippen molar-refractivity contribution in [1.29, 1.82) is 0 Å². The fourth-order valence-corrected chi connectivity index (χ4v) is 5.07. The van der Waals surface area contributed by atoms with Gasteiger partial charge >= 0.3 is 0 Å². The average molecular weight is 503 g/mol. The number of pyridine rings is 3. The quantitative estimate of drug-likeness (QED) is 0.313. The maximum atomic E-state index is 6.01. The largest absolute Gasteiger partial charge is 0.491 e. The van der Waals surface area contributed by atoms with Crippen LogP contribution in [0.5, 0.6) is 5.75 Å². The SMILES string of the molecule is c1cc(-c2ccncc2)c2nc(-c3n[nH]c4ccc(-c5cncc(OCCN6CCCC6)c5)nc34)[nH]c2c1. The number of benzene rings is 1. The van der Waals surface area contributed by atoms with Crippen LogP contribution < -0.4 is 4.74 Å². The second-order valence-electron chi connectivity index (χ2n) is 9.49. The number of H-pyrrole nitrogens is 2. The summed E-state index contributed by atoms with van der Waals surface area (Å²) >= 11 is 0. The molecular weight excluding hydrogens is 476 g/mol. The van der Waals surface area contributed by atoms with Crippen LogP contribution in [-0.4, -0.2) is 66.3 Å². The van der Waals surface area contributed by atoms with Crippen LogP contribution in [-0.2, 0) is 0 Å². The molecule has 9 nitrogen and oxygen atoms in total. The molecule has 9 heteroatoms. The molecule has 1 aliphatic rings. The predicted octanol–water partition coefficient (Wildman–Crippen LogP) is 5.10. The number of nitrogens with zero attached hydrogens (tertiary/aromatic N) is 6. The van der Waals surface area contributed by atoms with Crippen LogP contribution in [0.1, 0.15) is 12.8 Å². The molecule has 1 aliphatic heterocycles. The Morgan fingerprint density at radius 3 is 2.63 bits per heavy atom. The monoisotopic (exact) mass is 502 g/mol. The van der Waals surface area contributed by atoms with Crippen LogP contribution in [0.2, 0.25) is 0 Å². The summed E-state index contributed by atoms with van der Waals surface area (Å²) in [5, 5.41) is 7.65. The third kappa shape index (κ3) is 4.26. The first-order valence-corrected chi connectivity index (χ1v) is 12.9. The van der Waals surface area contributed by atoms with E-state index in [1.807, 2.05) is 48.7 Å². The van der Waals surface area contributed by atoms with Crippen molar-refractivity contribution in [3.8, 4) is 39.7 Å². The van der Waals surface area contributed by atoms with Crippen molar-refractivity contribution in [2.24, 2.45) is 0 Å². The van der Waals surface area contributed by atoms with E-state index in [0.717, 1.165) is 69.8 Å². The van der Waals surface area contributed by atoms with Gasteiger partial charge in [-0.3, -0.25) is 20.0 Å². The summed E-state index contributed by atoms with van der Waals surface area (Å²) in [6.45, 7) is 3.91. The minimum absolute atomic E-state index is 0.650. The van der Waals surface area contributed by atoms with Crippen LogP contribution >= 0.6 is 0 Å². The molecule has 0 radical (unpaired) electrons. The molecule has 1 aromatic carbocycles. The Labute approximate surface area is 219 Å². The molecule has 0 unspecified atom stereocenters. The van der Waals surface area contributed by atoms with E-state index >= 15 is 0 Å². The van der Waals surface area contributed by atoms with Crippen LogP contribution in [0.25, 0.3) is 56.0 Å². The number of hydrogen-bond acceptors (Lipinski definition) is 7. The summed E-state index contributed by atoms with van der Waals surface area (Å²) < 4.78 is 6.01. The fraction of sp³-hybridized carbons (Fsp3) is 0.207. The summed E-state index contributed by atoms with van der Waals surface area (Å²) in [5.74, 6) is 1.41. The van der Waals surface area contributed by atoms with E-state index in [4.69, 9.17) is 14.7 Å². The highest BCUT2D eigenvalue weighted by Crippen LogP contribution is 2.32. The Hall–Kier alpha value is -4.63. The first kappa shape index (κ1) is 22.6. The molecule has 1 fully saturated rings. The zero-order valence-corrected chi connectivity index (χ0v) is 20.8. The number of ether oxygens (including phenoxy) is 1. The second kappa shape index (κ2) is 9.68. The van der Waals surface area contributed by atoms with Crippen molar-refractivity contribution in [2.75, 3.05) is 26.2 Å².